The molecule has 0 fully saturated rings. The van der Waals surface area contributed by atoms with E-state index < -0.39 is 6.09 Å². The minimum Gasteiger partial charge on any atom is -0.445 e. The largest absolute Gasteiger partial charge is 0.445 e. The minimum absolute atomic E-state index is 0.0250. The topological polar surface area (TPSA) is 75.6 Å². The van der Waals surface area contributed by atoms with Crippen molar-refractivity contribution in [2.45, 2.75) is 38.3 Å². The summed E-state index contributed by atoms with van der Waals surface area (Å²) in [6, 6.07) is 18.1. The predicted octanol–water partition coefficient (Wildman–Crippen LogP) is 3.72. The van der Waals surface area contributed by atoms with E-state index in [-0.39, 0.29) is 31.5 Å². The molecule has 1 amide bonds. The lowest BCUT2D eigenvalue weighted by molar-refractivity contribution is 0.0960. The molecule has 0 aliphatic heterocycles. The first kappa shape index (κ1) is 19.7. The van der Waals surface area contributed by atoms with E-state index in [1.807, 2.05) is 48.5 Å². The summed E-state index contributed by atoms with van der Waals surface area (Å²) in [6.45, 7) is 0.278. The van der Waals surface area contributed by atoms with Gasteiger partial charge < -0.3 is 15.2 Å². The van der Waals surface area contributed by atoms with Gasteiger partial charge in [0, 0.05) is 24.6 Å². The van der Waals surface area contributed by atoms with Crippen LogP contribution >= 0.6 is 0 Å². The number of nitrogens with one attached hydrogen (secondary N) is 1. The van der Waals surface area contributed by atoms with E-state index in [0.29, 0.717) is 18.4 Å². The number of Topliss-reactive ketones (excluding diaryl/α,β-unsaturated/α-hetero) is 1. The van der Waals surface area contributed by atoms with Gasteiger partial charge in [-0.05, 0) is 24.8 Å². The molecule has 0 saturated heterocycles. The standard InChI is InChI=1S/C21H25NO4/c23-14-8-7-13-19(15-20(24)18-11-5-2-6-12-18)22-21(25)26-16-17-9-3-1-4-10-17/h1-6,9-12,19,23H,7-8,13-16H2,(H,22,25). The predicted molar refractivity (Wildman–Crippen MR) is 99.9 cm³/mol. The van der Waals surface area contributed by atoms with Crippen LogP contribution in [0.2, 0.25) is 0 Å². The van der Waals surface area contributed by atoms with Crippen molar-refractivity contribution in [1.29, 1.82) is 0 Å². The fourth-order valence-electron chi connectivity index (χ4n) is 2.62. The van der Waals surface area contributed by atoms with E-state index in [0.717, 1.165) is 12.0 Å². The van der Waals surface area contributed by atoms with Gasteiger partial charge in [0.1, 0.15) is 6.61 Å². The molecule has 2 aromatic rings. The molecular weight excluding hydrogens is 330 g/mol. The molecule has 2 aromatic carbocycles. The highest BCUT2D eigenvalue weighted by molar-refractivity contribution is 5.96. The molecule has 0 heterocycles. The Balaban J connectivity index is 1.88. The van der Waals surface area contributed by atoms with Gasteiger partial charge in [-0.3, -0.25) is 4.79 Å². The van der Waals surface area contributed by atoms with Crippen LogP contribution in [0.4, 0.5) is 4.79 Å². The number of aliphatic hydroxyl groups excluding tert-OH is 1. The molecule has 0 aliphatic rings. The Hall–Kier alpha value is -2.66. The maximum atomic E-state index is 12.4. The van der Waals surface area contributed by atoms with E-state index in [2.05, 4.69) is 5.32 Å². The lowest BCUT2D eigenvalue weighted by Gasteiger charge is -2.18. The molecule has 0 saturated carbocycles. The molecule has 0 spiro atoms. The highest BCUT2D eigenvalue weighted by atomic mass is 16.5. The number of benzene rings is 2. The normalized spacial score (nSPS) is 11.6. The first-order valence-corrected chi connectivity index (χ1v) is 8.85. The molecule has 1 atom stereocenters. The zero-order valence-corrected chi connectivity index (χ0v) is 14.8. The van der Waals surface area contributed by atoms with Gasteiger partial charge in [-0.2, -0.15) is 0 Å². The van der Waals surface area contributed by atoms with Gasteiger partial charge in [0.05, 0.1) is 0 Å². The SMILES string of the molecule is O=C(NC(CCCCO)CC(=O)c1ccccc1)OCc1ccccc1. The average Bonchev–Trinajstić information content (AvgIpc) is 2.68. The molecule has 26 heavy (non-hydrogen) atoms. The Morgan fingerprint density at radius 3 is 2.27 bits per heavy atom. The summed E-state index contributed by atoms with van der Waals surface area (Å²) in [5, 5.41) is 11.7. The third kappa shape index (κ3) is 7.07. The van der Waals surface area contributed by atoms with Crippen molar-refractivity contribution < 1.29 is 19.4 Å². The first-order chi connectivity index (χ1) is 12.7. The monoisotopic (exact) mass is 355 g/mol. The van der Waals surface area contributed by atoms with Crippen molar-refractivity contribution in [3.63, 3.8) is 0 Å². The van der Waals surface area contributed by atoms with E-state index in [1.165, 1.54) is 0 Å². The summed E-state index contributed by atoms with van der Waals surface area (Å²) in [6.07, 6.45) is 1.64. The van der Waals surface area contributed by atoms with Crippen LogP contribution in [-0.4, -0.2) is 29.6 Å². The Kier molecular flexibility index (Phi) is 8.36. The van der Waals surface area contributed by atoms with Crippen LogP contribution in [0.3, 0.4) is 0 Å². The van der Waals surface area contributed by atoms with Crippen LogP contribution in [-0.2, 0) is 11.3 Å². The quantitative estimate of drug-likeness (QED) is 0.503. The number of aliphatic hydroxyl groups is 1. The molecule has 1 unspecified atom stereocenters. The number of unbranched alkanes of at least 4 members (excludes halogenated alkanes) is 1. The van der Waals surface area contributed by atoms with Gasteiger partial charge in [0.25, 0.3) is 0 Å². The second kappa shape index (κ2) is 11.1. The van der Waals surface area contributed by atoms with Crippen molar-refractivity contribution in [2.75, 3.05) is 6.61 Å². The van der Waals surface area contributed by atoms with Crippen LogP contribution in [0.15, 0.2) is 60.7 Å². The molecule has 0 aliphatic carbocycles. The number of carbonyl (C=O) groups excluding carboxylic acids is 2. The number of ether oxygens (including phenoxy) is 1. The highest BCUT2D eigenvalue weighted by Gasteiger charge is 2.18. The summed E-state index contributed by atoms with van der Waals surface area (Å²) >= 11 is 0. The van der Waals surface area contributed by atoms with Crippen LogP contribution < -0.4 is 5.32 Å². The van der Waals surface area contributed by atoms with Gasteiger partial charge in [-0.1, -0.05) is 60.7 Å². The van der Waals surface area contributed by atoms with E-state index in [4.69, 9.17) is 9.84 Å². The van der Waals surface area contributed by atoms with E-state index in [9.17, 15) is 9.59 Å². The number of hydrogen-bond acceptors (Lipinski definition) is 4. The molecule has 0 aromatic heterocycles. The van der Waals surface area contributed by atoms with Gasteiger partial charge in [-0.15, -0.1) is 0 Å². The fraction of sp³-hybridized carbons (Fsp3) is 0.333. The summed E-state index contributed by atoms with van der Waals surface area (Å²) in [5.41, 5.74) is 1.53. The third-order valence-corrected chi connectivity index (χ3v) is 4.02. The summed E-state index contributed by atoms with van der Waals surface area (Å²) in [5.74, 6) is -0.0250. The van der Waals surface area contributed by atoms with Crippen LogP contribution in [0.1, 0.15) is 41.6 Å². The Labute approximate surface area is 154 Å². The van der Waals surface area contributed by atoms with Crippen LogP contribution in [0.5, 0.6) is 0 Å². The molecule has 2 rings (SSSR count). The van der Waals surface area contributed by atoms with E-state index >= 15 is 0 Å². The van der Waals surface area contributed by atoms with E-state index in [1.54, 1.807) is 12.1 Å². The lowest BCUT2D eigenvalue weighted by atomic mass is 10.00. The van der Waals surface area contributed by atoms with Gasteiger partial charge in [0.15, 0.2) is 5.78 Å². The van der Waals surface area contributed by atoms with Crippen molar-refractivity contribution in [1.82, 2.24) is 5.32 Å². The van der Waals surface area contributed by atoms with Gasteiger partial charge >= 0.3 is 6.09 Å². The highest BCUT2D eigenvalue weighted by Crippen LogP contribution is 2.11. The van der Waals surface area contributed by atoms with Crippen LogP contribution in [0.25, 0.3) is 0 Å². The van der Waals surface area contributed by atoms with Crippen LogP contribution in [0, 0.1) is 0 Å². The zero-order valence-electron chi connectivity index (χ0n) is 14.8. The van der Waals surface area contributed by atoms with Gasteiger partial charge in [-0.25, -0.2) is 4.79 Å². The number of amides is 1. The second-order valence-corrected chi connectivity index (χ2v) is 6.12. The number of rotatable bonds is 10. The summed E-state index contributed by atoms with van der Waals surface area (Å²) in [7, 11) is 0. The lowest BCUT2D eigenvalue weighted by Crippen LogP contribution is -2.37. The maximum Gasteiger partial charge on any atom is 0.407 e. The summed E-state index contributed by atoms with van der Waals surface area (Å²) in [4.78, 5) is 24.5. The fourth-order valence-corrected chi connectivity index (χ4v) is 2.62. The smallest absolute Gasteiger partial charge is 0.407 e. The average molecular weight is 355 g/mol. The summed E-state index contributed by atoms with van der Waals surface area (Å²) < 4.78 is 5.24. The second-order valence-electron chi connectivity index (χ2n) is 6.12. The molecular formula is C21H25NO4. The Morgan fingerprint density at radius 2 is 1.62 bits per heavy atom. The Bertz CT molecular complexity index is 673. The molecule has 2 N–H and O–H groups in total. The number of carbonyl (C=O) groups is 2. The molecule has 0 bridgehead atoms. The first-order valence-electron chi connectivity index (χ1n) is 8.85. The molecule has 5 nitrogen and oxygen atoms in total. The maximum absolute atomic E-state index is 12.4. The minimum atomic E-state index is -0.538. The van der Waals surface area contributed by atoms with Crippen molar-refractivity contribution >= 4 is 11.9 Å². The van der Waals surface area contributed by atoms with Gasteiger partial charge in [0.2, 0.25) is 0 Å². The Morgan fingerprint density at radius 1 is 0.962 bits per heavy atom. The number of alkyl carbamates (subject to hydrolysis) is 1. The van der Waals surface area contributed by atoms with Crippen molar-refractivity contribution in [3.8, 4) is 0 Å². The number of ketones is 1. The van der Waals surface area contributed by atoms with Crippen molar-refractivity contribution in [3.05, 3.63) is 71.8 Å². The molecule has 138 valence electrons. The third-order valence-electron chi connectivity index (χ3n) is 4.02. The number of hydrogen-bond donors (Lipinski definition) is 2. The zero-order chi connectivity index (χ0) is 18.6. The molecule has 5 heteroatoms. The van der Waals surface area contributed by atoms with Crippen molar-refractivity contribution in [2.24, 2.45) is 0 Å². The molecule has 0 radical (unpaired) electrons.